The van der Waals surface area contributed by atoms with Crippen LogP contribution in [0.4, 0.5) is 47.8 Å². The Kier molecular flexibility index (Phi) is 6.36. The summed E-state index contributed by atoms with van der Waals surface area (Å²) in [6, 6.07) is 6.42. The van der Waals surface area contributed by atoms with Crippen molar-refractivity contribution in [2.75, 3.05) is 23.3 Å². The molecular weight excluding hydrogens is 407 g/mol. The number of hydrogen-bond acceptors (Lipinski definition) is 2. The smallest absolute Gasteiger partial charge is 0.353 e. The molecule has 0 unspecified atom stereocenters. The Morgan fingerprint density at radius 3 is 2.17 bits per heavy atom. The van der Waals surface area contributed by atoms with Crippen LogP contribution in [-0.4, -0.2) is 25.2 Å². The third kappa shape index (κ3) is 6.38. The number of hydrogen-bond donors (Lipinski definition) is 1. The average Bonchev–Trinajstić information content (AvgIpc) is 2.60. The molecule has 1 amide bonds. The predicted octanol–water partition coefficient (Wildman–Crippen LogP) is 5.40. The number of alkyl halides is 6. The third-order valence-corrected chi connectivity index (χ3v) is 3.60. The van der Waals surface area contributed by atoms with Gasteiger partial charge in [0.1, 0.15) is 12.4 Å². The van der Waals surface area contributed by atoms with Crippen LogP contribution in [-0.2, 0) is 11.0 Å². The van der Waals surface area contributed by atoms with Crippen molar-refractivity contribution in [1.29, 1.82) is 0 Å². The highest BCUT2D eigenvalue weighted by Crippen LogP contribution is 2.39. The van der Waals surface area contributed by atoms with E-state index in [1.807, 2.05) is 0 Å². The van der Waals surface area contributed by atoms with Gasteiger partial charge in [0, 0.05) is 11.4 Å². The molecule has 0 aliphatic heterocycles. The van der Waals surface area contributed by atoms with Gasteiger partial charge in [0.25, 0.3) is 0 Å². The van der Waals surface area contributed by atoms with Crippen molar-refractivity contribution in [1.82, 2.24) is 0 Å². The van der Waals surface area contributed by atoms with E-state index in [0.717, 1.165) is 24.3 Å². The minimum atomic E-state index is -4.96. The van der Waals surface area contributed by atoms with Gasteiger partial charge in [0.05, 0.1) is 18.7 Å². The van der Waals surface area contributed by atoms with Gasteiger partial charge in [0.15, 0.2) is 5.69 Å². The summed E-state index contributed by atoms with van der Waals surface area (Å²) in [5, 5.41) is 2.24. The second-order valence-electron chi connectivity index (χ2n) is 5.84. The van der Waals surface area contributed by atoms with Crippen molar-refractivity contribution >= 4 is 23.0 Å². The van der Waals surface area contributed by atoms with E-state index in [9.17, 15) is 35.5 Å². The van der Waals surface area contributed by atoms with E-state index in [1.165, 1.54) is 12.1 Å². The fraction of sp³-hybridized carbons (Fsp3) is 0.222. The summed E-state index contributed by atoms with van der Waals surface area (Å²) < 4.78 is 90.9. The first-order valence-corrected chi connectivity index (χ1v) is 7.85. The van der Waals surface area contributed by atoms with Gasteiger partial charge in [-0.2, -0.15) is 26.3 Å². The Balaban J connectivity index is 2.32. The van der Waals surface area contributed by atoms with Gasteiger partial charge in [-0.15, -0.1) is 0 Å². The minimum absolute atomic E-state index is 0.0997. The Morgan fingerprint density at radius 1 is 1.03 bits per heavy atom. The van der Waals surface area contributed by atoms with Crippen molar-refractivity contribution in [3.05, 3.63) is 65.3 Å². The zero-order valence-electron chi connectivity index (χ0n) is 14.4. The summed E-state index contributed by atoms with van der Waals surface area (Å²) in [4.78, 5) is 15.2. The maximum absolute atomic E-state index is 13.1. The second-order valence-corrected chi connectivity index (χ2v) is 5.84. The fourth-order valence-corrected chi connectivity index (χ4v) is 2.41. The molecule has 154 valence electrons. The maximum atomic E-state index is 13.1. The standard InChI is InChI=1S/C18H12F7N3O/c1-26-15-7-6-13(8-14(15)18(23,24)25)28(10-17(20,21)22)9-16(29)27-12-4-2-11(19)3-5-12/h2-8H,9-10H2,(H,27,29). The molecule has 0 aliphatic rings. The SMILES string of the molecule is [C-]#[N+]c1ccc(N(CC(=O)Nc2ccc(F)cc2)CC(F)(F)F)cc1C(F)(F)F. The number of nitrogens with one attached hydrogen (secondary N) is 1. The summed E-state index contributed by atoms with van der Waals surface area (Å²) in [5.74, 6) is -1.55. The second kappa shape index (κ2) is 8.38. The molecule has 0 spiro atoms. The van der Waals surface area contributed by atoms with Gasteiger partial charge in [-0.05, 0) is 36.4 Å². The van der Waals surface area contributed by atoms with E-state index < -0.39 is 54.1 Å². The summed E-state index contributed by atoms with van der Waals surface area (Å²) in [5.41, 5.74) is -2.61. The fourth-order valence-electron chi connectivity index (χ4n) is 2.41. The Hall–Kier alpha value is -3.29. The van der Waals surface area contributed by atoms with Crippen LogP contribution in [0.1, 0.15) is 5.56 Å². The molecule has 11 heteroatoms. The number of nitrogens with zero attached hydrogens (tertiary/aromatic N) is 2. The molecular formula is C18H12F7N3O. The van der Waals surface area contributed by atoms with Crippen LogP contribution in [0.5, 0.6) is 0 Å². The summed E-state index contributed by atoms with van der Waals surface area (Å²) >= 11 is 0. The molecule has 0 saturated heterocycles. The first-order chi connectivity index (χ1) is 13.4. The summed E-state index contributed by atoms with van der Waals surface area (Å²) in [6.45, 7) is 4.16. The van der Waals surface area contributed by atoms with E-state index in [4.69, 9.17) is 6.57 Å². The van der Waals surface area contributed by atoms with Crippen molar-refractivity contribution in [3.63, 3.8) is 0 Å². The zero-order valence-corrected chi connectivity index (χ0v) is 14.4. The molecule has 0 aliphatic carbocycles. The van der Waals surface area contributed by atoms with E-state index in [0.29, 0.717) is 11.0 Å². The van der Waals surface area contributed by atoms with Crippen LogP contribution in [0.25, 0.3) is 4.85 Å². The monoisotopic (exact) mass is 419 g/mol. The van der Waals surface area contributed by atoms with E-state index in [-0.39, 0.29) is 5.69 Å². The predicted molar refractivity (Wildman–Crippen MR) is 91.0 cm³/mol. The Morgan fingerprint density at radius 2 is 1.66 bits per heavy atom. The van der Waals surface area contributed by atoms with Gasteiger partial charge in [-0.25, -0.2) is 9.24 Å². The number of rotatable bonds is 5. The third-order valence-electron chi connectivity index (χ3n) is 3.60. The first kappa shape index (κ1) is 22.0. The lowest BCUT2D eigenvalue weighted by Crippen LogP contribution is -2.40. The molecule has 2 rings (SSSR count). The number of carbonyl (C=O) groups is 1. The number of anilines is 2. The van der Waals surface area contributed by atoms with Gasteiger partial charge in [-0.3, -0.25) is 4.79 Å². The average molecular weight is 419 g/mol. The lowest BCUT2D eigenvalue weighted by Gasteiger charge is -2.26. The van der Waals surface area contributed by atoms with Gasteiger partial charge in [-0.1, -0.05) is 6.07 Å². The number of benzene rings is 2. The lowest BCUT2D eigenvalue weighted by molar-refractivity contribution is -0.136. The lowest BCUT2D eigenvalue weighted by atomic mass is 10.1. The van der Waals surface area contributed by atoms with E-state index in [2.05, 4.69) is 10.2 Å². The van der Waals surface area contributed by atoms with Crippen molar-refractivity contribution in [2.24, 2.45) is 0 Å². The number of carbonyl (C=O) groups excluding carboxylic acids is 1. The highest BCUT2D eigenvalue weighted by atomic mass is 19.4. The molecule has 2 aromatic carbocycles. The topological polar surface area (TPSA) is 36.7 Å². The molecule has 1 N–H and O–H groups in total. The highest BCUT2D eigenvalue weighted by molar-refractivity contribution is 5.94. The van der Waals surface area contributed by atoms with Gasteiger partial charge < -0.3 is 10.2 Å². The maximum Gasteiger partial charge on any atom is 0.407 e. The Labute approximate surface area is 160 Å². The normalized spacial score (nSPS) is 11.7. The summed E-state index contributed by atoms with van der Waals surface area (Å²) in [7, 11) is 0. The first-order valence-electron chi connectivity index (χ1n) is 7.85. The molecule has 0 atom stereocenters. The molecule has 29 heavy (non-hydrogen) atoms. The highest BCUT2D eigenvalue weighted by Gasteiger charge is 2.36. The number of halogens is 7. The van der Waals surface area contributed by atoms with Gasteiger partial charge >= 0.3 is 12.4 Å². The van der Waals surface area contributed by atoms with E-state index in [1.54, 1.807) is 0 Å². The Bertz CT molecular complexity index is 915. The minimum Gasteiger partial charge on any atom is -0.353 e. The quantitative estimate of drug-likeness (QED) is 0.520. The zero-order chi connectivity index (χ0) is 21.8. The molecule has 0 heterocycles. The van der Waals surface area contributed by atoms with Crippen LogP contribution in [0.2, 0.25) is 0 Å². The van der Waals surface area contributed by atoms with Gasteiger partial charge in [0.2, 0.25) is 5.91 Å². The van der Waals surface area contributed by atoms with Crippen LogP contribution in [0.15, 0.2) is 42.5 Å². The van der Waals surface area contributed by atoms with Crippen molar-refractivity contribution < 1.29 is 35.5 Å². The van der Waals surface area contributed by atoms with Crippen molar-refractivity contribution in [2.45, 2.75) is 12.4 Å². The number of amides is 1. The van der Waals surface area contributed by atoms with E-state index >= 15 is 0 Å². The van der Waals surface area contributed by atoms with Crippen LogP contribution in [0, 0.1) is 12.4 Å². The molecule has 0 fully saturated rings. The molecule has 0 bridgehead atoms. The summed E-state index contributed by atoms with van der Waals surface area (Å²) in [6.07, 6.45) is -9.77. The molecule has 2 aromatic rings. The van der Waals surface area contributed by atoms with Crippen LogP contribution < -0.4 is 10.2 Å². The van der Waals surface area contributed by atoms with Crippen molar-refractivity contribution in [3.8, 4) is 0 Å². The van der Waals surface area contributed by atoms with Crippen LogP contribution >= 0.6 is 0 Å². The molecule has 0 aromatic heterocycles. The molecule has 0 saturated carbocycles. The largest absolute Gasteiger partial charge is 0.407 e. The molecule has 4 nitrogen and oxygen atoms in total. The molecule has 0 radical (unpaired) electrons. The van der Waals surface area contributed by atoms with Crippen LogP contribution in [0.3, 0.4) is 0 Å².